The van der Waals surface area contributed by atoms with Crippen molar-refractivity contribution in [2.75, 3.05) is 0 Å². The number of hydrogen-bond acceptors (Lipinski definition) is 2. The molecule has 0 bridgehead atoms. The normalized spacial score (nSPS) is 10.6. The topological polar surface area (TPSA) is 52.9 Å². The van der Waals surface area contributed by atoms with E-state index >= 15 is 0 Å². The van der Waals surface area contributed by atoms with Gasteiger partial charge in [0.05, 0.1) is 6.54 Å². The maximum Gasteiger partial charge on any atom is 0.328 e. The Hall–Kier alpha value is -1.95. The van der Waals surface area contributed by atoms with E-state index in [1.165, 1.54) is 15.2 Å². The second-order valence-corrected chi connectivity index (χ2v) is 4.40. The molecule has 0 unspecified atom stereocenters. The summed E-state index contributed by atoms with van der Waals surface area (Å²) in [5, 5.41) is 0. The van der Waals surface area contributed by atoms with E-state index in [9.17, 15) is 9.18 Å². The van der Waals surface area contributed by atoms with Gasteiger partial charge in [0.1, 0.15) is 10.8 Å². The Labute approximate surface area is 108 Å². The van der Waals surface area contributed by atoms with Gasteiger partial charge in [-0.1, -0.05) is 24.4 Å². The molecule has 0 saturated heterocycles. The van der Waals surface area contributed by atoms with E-state index in [0.717, 1.165) is 0 Å². The van der Waals surface area contributed by atoms with Gasteiger partial charge in [0.25, 0.3) is 0 Å². The number of aromatic nitrogens is 2. The van der Waals surface area contributed by atoms with Crippen LogP contribution in [0.3, 0.4) is 0 Å². The largest absolute Gasteiger partial charge is 0.389 e. The summed E-state index contributed by atoms with van der Waals surface area (Å²) in [6.45, 7) is 0.155. The highest BCUT2D eigenvalue weighted by Gasteiger charge is 2.11. The summed E-state index contributed by atoms with van der Waals surface area (Å²) in [5.74, 6) is -0.472. The average Bonchev–Trinajstić information content (AvgIpc) is 2.63. The van der Waals surface area contributed by atoms with E-state index in [2.05, 4.69) is 0 Å². The van der Waals surface area contributed by atoms with E-state index in [0.29, 0.717) is 5.56 Å². The number of benzene rings is 1. The lowest BCUT2D eigenvalue weighted by molar-refractivity contribution is 0.592. The number of rotatable bonds is 3. The SMILES string of the molecule is Cn1ccn(Cc2cccc(C(N)=S)c2F)c1=O. The van der Waals surface area contributed by atoms with Gasteiger partial charge >= 0.3 is 5.69 Å². The lowest BCUT2D eigenvalue weighted by Gasteiger charge is -2.07. The Balaban J connectivity index is 2.41. The van der Waals surface area contributed by atoms with Gasteiger partial charge in [0.2, 0.25) is 0 Å². The van der Waals surface area contributed by atoms with Crippen molar-refractivity contribution in [2.24, 2.45) is 12.8 Å². The standard InChI is InChI=1S/C12H12FN3OS/c1-15-5-6-16(12(15)17)7-8-3-2-4-9(10(8)13)11(14)18/h2-6H,7H2,1H3,(H2,14,18). The molecule has 0 radical (unpaired) electrons. The molecule has 6 heteroatoms. The molecule has 18 heavy (non-hydrogen) atoms. The first-order chi connectivity index (χ1) is 8.50. The maximum absolute atomic E-state index is 14.1. The van der Waals surface area contributed by atoms with Crippen LogP contribution in [0.4, 0.5) is 4.39 Å². The predicted octanol–water partition coefficient (Wildman–Crippen LogP) is 1.01. The van der Waals surface area contributed by atoms with Crippen LogP contribution in [0.5, 0.6) is 0 Å². The Kier molecular flexibility index (Phi) is 3.29. The first-order valence-corrected chi connectivity index (χ1v) is 5.70. The molecule has 2 rings (SSSR count). The number of imidazole rings is 1. The highest BCUT2D eigenvalue weighted by Crippen LogP contribution is 2.13. The summed E-state index contributed by atoms with van der Waals surface area (Å²) in [4.78, 5) is 11.7. The van der Waals surface area contributed by atoms with E-state index in [1.54, 1.807) is 31.6 Å². The predicted molar refractivity (Wildman–Crippen MR) is 71.1 cm³/mol. The minimum Gasteiger partial charge on any atom is -0.389 e. The Morgan fingerprint density at radius 2 is 2.17 bits per heavy atom. The van der Waals surface area contributed by atoms with Crippen molar-refractivity contribution in [1.82, 2.24) is 9.13 Å². The van der Waals surface area contributed by atoms with Crippen molar-refractivity contribution in [3.8, 4) is 0 Å². The Morgan fingerprint density at radius 1 is 1.44 bits per heavy atom. The van der Waals surface area contributed by atoms with Gasteiger partial charge in [0, 0.05) is 30.6 Å². The molecule has 2 N–H and O–H groups in total. The molecule has 2 aromatic rings. The fourth-order valence-corrected chi connectivity index (χ4v) is 1.86. The van der Waals surface area contributed by atoms with Gasteiger partial charge in [-0.3, -0.25) is 4.57 Å². The molecule has 1 heterocycles. The van der Waals surface area contributed by atoms with Crippen LogP contribution in [0.1, 0.15) is 11.1 Å². The minimum absolute atomic E-state index is 0.00904. The third-order valence-corrected chi connectivity index (χ3v) is 2.92. The fraction of sp³-hybridized carbons (Fsp3) is 0.167. The molecule has 4 nitrogen and oxygen atoms in total. The highest BCUT2D eigenvalue weighted by molar-refractivity contribution is 7.80. The lowest BCUT2D eigenvalue weighted by atomic mass is 10.1. The van der Waals surface area contributed by atoms with Gasteiger partial charge in [0.15, 0.2) is 0 Å². The van der Waals surface area contributed by atoms with E-state index in [4.69, 9.17) is 18.0 Å². The molecule has 1 aromatic heterocycles. The molecule has 0 aliphatic heterocycles. The van der Waals surface area contributed by atoms with E-state index < -0.39 is 5.82 Å². The van der Waals surface area contributed by atoms with Crippen LogP contribution in [0, 0.1) is 5.82 Å². The first kappa shape index (κ1) is 12.5. The average molecular weight is 265 g/mol. The molecule has 94 valence electrons. The maximum atomic E-state index is 14.1. The van der Waals surface area contributed by atoms with Crippen molar-refractivity contribution in [3.05, 3.63) is 58.0 Å². The van der Waals surface area contributed by atoms with Crippen LogP contribution in [0.25, 0.3) is 0 Å². The summed E-state index contributed by atoms with van der Waals surface area (Å²) >= 11 is 4.77. The number of halogens is 1. The number of thiocarbonyl (C=S) groups is 1. The molecule has 0 saturated carbocycles. The number of aryl methyl sites for hydroxylation is 1. The third-order valence-electron chi connectivity index (χ3n) is 2.70. The van der Waals surface area contributed by atoms with Crippen LogP contribution in [-0.2, 0) is 13.6 Å². The van der Waals surface area contributed by atoms with Crippen LogP contribution < -0.4 is 11.4 Å². The van der Waals surface area contributed by atoms with Crippen molar-refractivity contribution >= 4 is 17.2 Å². The van der Waals surface area contributed by atoms with Crippen LogP contribution in [0.2, 0.25) is 0 Å². The Morgan fingerprint density at radius 3 is 2.72 bits per heavy atom. The summed E-state index contributed by atoms with van der Waals surface area (Å²) < 4.78 is 16.9. The number of hydrogen-bond donors (Lipinski definition) is 1. The minimum atomic E-state index is -0.472. The summed E-state index contributed by atoms with van der Waals surface area (Å²) in [7, 11) is 1.64. The third kappa shape index (κ3) is 2.19. The van der Waals surface area contributed by atoms with Crippen LogP contribution >= 0.6 is 12.2 Å². The monoisotopic (exact) mass is 265 g/mol. The van der Waals surface area contributed by atoms with Crippen molar-refractivity contribution in [2.45, 2.75) is 6.54 Å². The summed E-state index contributed by atoms with van der Waals surface area (Å²) in [6.07, 6.45) is 3.23. The van der Waals surface area contributed by atoms with Crippen molar-refractivity contribution in [3.63, 3.8) is 0 Å². The molecular weight excluding hydrogens is 253 g/mol. The smallest absolute Gasteiger partial charge is 0.328 e. The van der Waals surface area contributed by atoms with Crippen LogP contribution in [0.15, 0.2) is 35.4 Å². The van der Waals surface area contributed by atoms with Crippen molar-refractivity contribution in [1.29, 1.82) is 0 Å². The molecule has 0 atom stereocenters. The fourth-order valence-electron chi connectivity index (χ4n) is 1.71. The lowest BCUT2D eigenvalue weighted by Crippen LogP contribution is -2.23. The van der Waals surface area contributed by atoms with Gasteiger partial charge < -0.3 is 10.3 Å². The zero-order chi connectivity index (χ0) is 13.3. The highest BCUT2D eigenvalue weighted by atomic mass is 32.1. The molecule has 0 spiro atoms. The van der Waals surface area contributed by atoms with Gasteiger partial charge in [-0.15, -0.1) is 0 Å². The quantitative estimate of drug-likeness (QED) is 0.843. The second-order valence-electron chi connectivity index (χ2n) is 3.96. The first-order valence-electron chi connectivity index (χ1n) is 5.29. The molecular formula is C12H12FN3OS. The van der Waals surface area contributed by atoms with Gasteiger partial charge in [-0.25, -0.2) is 9.18 Å². The van der Waals surface area contributed by atoms with Crippen LogP contribution in [-0.4, -0.2) is 14.1 Å². The zero-order valence-electron chi connectivity index (χ0n) is 9.76. The molecule has 0 aliphatic carbocycles. The molecule has 0 fully saturated rings. The Bertz CT molecular complexity index is 660. The molecule has 0 aliphatic rings. The van der Waals surface area contributed by atoms with E-state index in [-0.39, 0.29) is 22.8 Å². The summed E-state index contributed by atoms with van der Waals surface area (Å²) in [5.41, 5.74) is 5.81. The molecule has 0 amide bonds. The number of nitrogens with two attached hydrogens (primary N) is 1. The van der Waals surface area contributed by atoms with E-state index in [1.807, 2.05) is 0 Å². The summed E-state index contributed by atoms with van der Waals surface area (Å²) in [6, 6.07) is 4.80. The van der Waals surface area contributed by atoms with Crippen molar-refractivity contribution < 1.29 is 4.39 Å². The zero-order valence-corrected chi connectivity index (χ0v) is 10.6. The number of nitrogens with zero attached hydrogens (tertiary/aromatic N) is 2. The second kappa shape index (κ2) is 4.73. The molecule has 1 aromatic carbocycles. The van der Waals surface area contributed by atoms with Gasteiger partial charge in [-0.2, -0.15) is 0 Å². The van der Waals surface area contributed by atoms with Gasteiger partial charge in [-0.05, 0) is 6.07 Å².